The second kappa shape index (κ2) is 9.00. The highest BCUT2D eigenvalue weighted by molar-refractivity contribution is 7.80. The van der Waals surface area contributed by atoms with Crippen LogP contribution in [-0.4, -0.2) is 24.7 Å². The Labute approximate surface area is 165 Å². The van der Waals surface area contributed by atoms with Gasteiger partial charge < -0.3 is 15.4 Å². The number of carbonyl (C=O) groups is 1. The van der Waals surface area contributed by atoms with E-state index in [2.05, 4.69) is 23.6 Å². The predicted octanol–water partition coefficient (Wildman–Crippen LogP) is 4.84. The second-order valence-corrected chi connectivity index (χ2v) is 8.80. The summed E-state index contributed by atoms with van der Waals surface area (Å²) in [5.41, 5.74) is 3.36. The third kappa shape index (κ3) is 4.65. The van der Waals surface area contributed by atoms with Crippen LogP contribution in [0.3, 0.4) is 0 Å². The minimum atomic E-state index is -0.269. The van der Waals surface area contributed by atoms with Crippen molar-refractivity contribution in [1.82, 2.24) is 5.32 Å². The third-order valence-electron chi connectivity index (χ3n) is 5.24. The van der Waals surface area contributed by atoms with Crippen molar-refractivity contribution in [1.29, 1.82) is 0 Å². The number of thiophene rings is 1. The highest BCUT2D eigenvalue weighted by Crippen LogP contribution is 2.40. The fourth-order valence-corrected chi connectivity index (χ4v) is 5.44. The van der Waals surface area contributed by atoms with Crippen LogP contribution in [0.25, 0.3) is 0 Å². The summed E-state index contributed by atoms with van der Waals surface area (Å²) in [6, 6.07) is 0. The number of rotatable bonds is 5. The lowest BCUT2D eigenvalue weighted by Gasteiger charge is -2.18. The molecule has 3 rings (SSSR count). The molecule has 0 spiro atoms. The van der Waals surface area contributed by atoms with Gasteiger partial charge in [0.25, 0.3) is 0 Å². The second-order valence-electron chi connectivity index (χ2n) is 7.29. The first-order chi connectivity index (χ1) is 12.6. The number of nitrogens with one attached hydrogen (secondary N) is 2. The molecule has 2 aliphatic rings. The molecule has 2 aliphatic carbocycles. The number of allylic oxidation sites excluding steroid dienone is 1. The Morgan fingerprint density at radius 2 is 2.23 bits per heavy atom. The lowest BCUT2D eigenvalue weighted by molar-refractivity contribution is 0.0601. The molecule has 1 atom stereocenters. The van der Waals surface area contributed by atoms with Crippen LogP contribution in [0.2, 0.25) is 0 Å². The first-order valence-electron chi connectivity index (χ1n) is 9.54. The number of esters is 1. The summed E-state index contributed by atoms with van der Waals surface area (Å²) in [6.07, 6.45) is 11.5. The van der Waals surface area contributed by atoms with E-state index in [1.54, 1.807) is 11.3 Å². The number of hydrogen-bond donors (Lipinski definition) is 2. The van der Waals surface area contributed by atoms with Crippen LogP contribution in [0.4, 0.5) is 5.00 Å². The van der Waals surface area contributed by atoms with E-state index in [9.17, 15) is 4.79 Å². The molecule has 1 aromatic rings. The topological polar surface area (TPSA) is 50.4 Å². The van der Waals surface area contributed by atoms with Gasteiger partial charge in [-0.05, 0) is 75.1 Å². The first kappa shape index (κ1) is 19.4. The fraction of sp³-hybridized carbons (Fsp3) is 0.600. The van der Waals surface area contributed by atoms with E-state index in [-0.39, 0.29) is 5.97 Å². The number of anilines is 1. The lowest BCUT2D eigenvalue weighted by Crippen LogP contribution is -2.29. The monoisotopic (exact) mass is 392 g/mol. The Balaban J connectivity index is 1.63. The molecule has 0 fully saturated rings. The fourth-order valence-electron chi connectivity index (χ4n) is 3.77. The van der Waals surface area contributed by atoms with Gasteiger partial charge in [0.2, 0.25) is 0 Å². The maximum absolute atomic E-state index is 12.3. The molecule has 0 aliphatic heterocycles. The molecule has 26 heavy (non-hydrogen) atoms. The quantitative estimate of drug-likeness (QED) is 0.427. The van der Waals surface area contributed by atoms with Crippen molar-refractivity contribution in [2.45, 2.75) is 58.3 Å². The van der Waals surface area contributed by atoms with Gasteiger partial charge in [-0.15, -0.1) is 11.3 Å². The Hall–Kier alpha value is -1.40. The van der Waals surface area contributed by atoms with Crippen LogP contribution < -0.4 is 10.6 Å². The zero-order valence-corrected chi connectivity index (χ0v) is 17.3. The summed E-state index contributed by atoms with van der Waals surface area (Å²) in [4.78, 5) is 13.6. The molecule has 4 nitrogen and oxygen atoms in total. The van der Waals surface area contributed by atoms with E-state index in [4.69, 9.17) is 17.0 Å². The smallest absolute Gasteiger partial charge is 0.341 e. The molecular weight excluding hydrogens is 364 g/mol. The molecular formula is C20H28N2O2S2. The number of thiocarbonyl (C=S) groups is 1. The number of ether oxygens (including phenoxy) is 1. The Morgan fingerprint density at radius 1 is 1.38 bits per heavy atom. The molecule has 0 aromatic carbocycles. The molecule has 0 saturated heterocycles. The maximum Gasteiger partial charge on any atom is 0.341 e. The van der Waals surface area contributed by atoms with Crippen LogP contribution in [0.5, 0.6) is 0 Å². The largest absolute Gasteiger partial charge is 0.465 e. The van der Waals surface area contributed by atoms with Crippen molar-refractivity contribution >= 4 is 39.6 Å². The van der Waals surface area contributed by atoms with Gasteiger partial charge in [0, 0.05) is 11.4 Å². The van der Waals surface area contributed by atoms with Gasteiger partial charge in [-0.2, -0.15) is 0 Å². The van der Waals surface area contributed by atoms with Crippen LogP contribution in [0.15, 0.2) is 11.6 Å². The van der Waals surface area contributed by atoms with Crippen molar-refractivity contribution in [2.75, 3.05) is 19.0 Å². The number of methoxy groups -OCH3 is 1. The molecule has 1 heterocycles. The minimum absolute atomic E-state index is 0.269. The SMILES string of the molecule is COC(=O)c1c(NC(=S)NCCC2=CCCCC2)sc2c1CC[C@@H](C)C2. The van der Waals surface area contributed by atoms with Gasteiger partial charge in [-0.3, -0.25) is 0 Å². The van der Waals surface area contributed by atoms with Crippen molar-refractivity contribution < 1.29 is 9.53 Å². The molecule has 0 radical (unpaired) electrons. The summed E-state index contributed by atoms with van der Waals surface area (Å²) >= 11 is 7.11. The molecule has 0 unspecified atom stereocenters. The molecule has 1 aromatic heterocycles. The van der Waals surface area contributed by atoms with Gasteiger partial charge in [0.05, 0.1) is 12.7 Å². The Morgan fingerprint density at radius 3 is 2.96 bits per heavy atom. The average Bonchev–Trinajstić information content (AvgIpc) is 2.98. The standard InChI is InChI=1S/C20H28N2O2S2/c1-13-8-9-15-16(12-13)26-18(17(15)19(23)24-2)22-20(25)21-11-10-14-6-4-3-5-7-14/h6,13H,3-5,7-12H2,1-2H3,(H2,21,22,25)/t13-/m1/s1. The van der Waals surface area contributed by atoms with E-state index in [0.717, 1.165) is 42.8 Å². The Kier molecular flexibility index (Phi) is 6.70. The van der Waals surface area contributed by atoms with Gasteiger partial charge in [0.15, 0.2) is 5.11 Å². The van der Waals surface area contributed by atoms with Crippen molar-refractivity contribution in [3.8, 4) is 0 Å². The maximum atomic E-state index is 12.3. The van der Waals surface area contributed by atoms with E-state index in [1.165, 1.54) is 43.2 Å². The van der Waals surface area contributed by atoms with Crippen molar-refractivity contribution in [3.05, 3.63) is 27.7 Å². The van der Waals surface area contributed by atoms with Crippen molar-refractivity contribution in [3.63, 3.8) is 0 Å². The van der Waals surface area contributed by atoms with Crippen molar-refractivity contribution in [2.24, 2.45) is 5.92 Å². The zero-order chi connectivity index (χ0) is 18.5. The number of fused-ring (bicyclic) bond motifs is 1. The van der Waals surface area contributed by atoms with E-state index >= 15 is 0 Å². The number of carbonyl (C=O) groups excluding carboxylic acids is 1. The summed E-state index contributed by atoms with van der Waals surface area (Å²) < 4.78 is 5.03. The van der Waals surface area contributed by atoms with Gasteiger partial charge in [0.1, 0.15) is 5.00 Å². The molecule has 142 valence electrons. The molecule has 0 saturated carbocycles. The molecule has 6 heteroatoms. The van der Waals surface area contributed by atoms with Crippen LogP contribution in [0, 0.1) is 5.92 Å². The normalized spacial score (nSPS) is 19.3. The van der Waals surface area contributed by atoms with E-state index in [0.29, 0.717) is 16.6 Å². The average molecular weight is 393 g/mol. The highest BCUT2D eigenvalue weighted by atomic mass is 32.1. The van der Waals surface area contributed by atoms with Crippen LogP contribution >= 0.6 is 23.6 Å². The van der Waals surface area contributed by atoms with Gasteiger partial charge >= 0.3 is 5.97 Å². The summed E-state index contributed by atoms with van der Waals surface area (Å²) in [6.45, 7) is 3.09. The van der Waals surface area contributed by atoms with Gasteiger partial charge in [-0.1, -0.05) is 18.6 Å². The third-order valence-corrected chi connectivity index (χ3v) is 6.66. The summed E-state index contributed by atoms with van der Waals surface area (Å²) in [7, 11) is 1.44. The Bertz CT molecular complexity index is 709. The van der Waals surface area contributed by atoms with E-state index < -0.39 is 0 Å². The molecule has 2 N–H and O–H groups in total. The first-order valence-corrected chi connectivity index (χ1v) is 10.8. The summed E-state index contributed by atoms with van der Waals surface area (Å²) in [5, 5.41) is 7.95. The van der Waals surface area contributed by atoms with E-state index in [1.807, 2.05) is 0 Å². The minimum Gasteiger partial charge on any atom is -0.465 e. The molecule has 0 bridgehead atoms. The van der Waals surface area contributed by atoms with Crippen LogP contribution in [-0.2, 0) is 17.6 Å². The highest BCUT2D eigenvalue weighted by Gasteiger charge is 2.28. The summed E-state index contributed by atoms with van der Waals surface area (Å²) in [5.74, 6) is 0.392. The lowest BCUT2D eigenvalue weighted by atomic mass is 9.88. The van der Waals surface area contributed by atoms with Gasteiger partial charge in [-0.25, -0.2) is 4.79 Å². The predicted molar refractivity (Wildman–Crippen MR) is 112 cm³/mol. The van der Waals surface area contributed by atoms with Crippen LogP contribution in [0.1, 0.15) is 66.2 Å². The number of hydrogen-bond acceptors (Lipinski definition) is 4. The molecule has 0 amide bonds. The zero-order valence-electron chi connectivity index (χ0n) is 15.7.